The molecule has 1 saturated heterocycles. The molecule has 214 valence electrons. The minimum absolute atomic E-state index is 0.0549. The number of rotatable bonds is 7. The summed E-state index contributed by atoms with van der Waals surface area (Å²) in [5.74, 6) is -0.699. The zero-order valence-corrected chi connectivity index (χ0v) is 22.8. The first-order valence-corrected chi connectivity index (χ1v) is 13.3. The number of benzene rings is 2. The Balaban J connectivity index is 1.60. The number of hydrogen-bond acceptors (Lipinski definition) is 5. The number of hydrogen-bond donors (Lipinski definition) is 1. The highest BCUT2D eigenvalue weighted by Gasteiger charge is 2.39. The van der Waals surface area contributed by atoms with E-state index in [1.807, 2.05) is 31.2 Å². The molecule has 4 rings (SSSR count). The van der Waals surface area contributed by atoms with E-state index in [9.17, 15) is 27.6 Å². The van der Waals surface area contributed by atoms with E-state index < -0.39 is 29.8 Å². The number of halogens is 3. The topological polar surface area (TPSA) is 82.2 Å². The van der Waals surface area contributed by atoms with Crippen molar-refractivity contribution < 1.29 is 32.3 Å². The van der Waals surface area contributed by atoms with Crippen LogP contribution < -0.4 is 5.32 Å². The van der Waals surface area contributed by atoms with Crippen LogP contribution in [0.5, 0.6) is 0 Å². The smallest absolute Gasteiger partial charge is 0.416 e. The number of ether oxygens (including phenoxy) is 1. The van der Waals surface area contributed by atoms with Crippen molar-refractivity contribution in [3.05, 3.63) is 82.1 Å². The molecule has 0 aliphatic carbocycles. The second kappa shape index (κ2) is 12.1. The summed E-state index contributed by atoms with van der Waals surface area (Å²) < 4.78 is 44.8. The maximum Gasteiger partial charge on any atom is 0.416 e. The lowest BCUT2D eigenvalue weighted by Gasteiger charge is -2.40. The van der Waals surface area contributed by atoms with Crippen LogP contribution in [0.3, 0.4) is 0 Å². The van der Waals surface area contributed by atoms with Gasteiger partial charge in [-0.3, -0.25) is 14.6 Å². The number of alkyl halides is 3. The molecule has 2 aromatic rings. The van der Waals surface area contributed by atoms with Crippen LogP contribution >= 0.6 is 0 Å². The molecule has 2 aliphatic rings. The lowest BCUT2D eigenvalue weighted by Crippen LogP contribution is -2.53. The number of carbonyl (C=O) groups is 3. The summed E-state index contributed by atoms with van der Waals surface area (Å²) in [5, 5.41) is 2.77. The van der Waals surface area contributed by atoms with Crippen molar-refractivity contribution in [2.45, 2.75) is 33.0 Å². The molecular weight excluding hydrogens is 525 g/mol. The standard InChI is InChI=1S/C29H33F3N4O4/c1-4-36-23(18-34-14-16-35(17-15-34)26(37)21-8-6-19(3)7-9-21)24(27(38)40-5-2)25(33-28(36)39)20-10-12-22(13-11-20)29(30,31)32/h6-13,25H,4-5,14-18H2,1-3H3,(H,33,39). The minimum Gasteiger partial charge on any atom is -0.463 e. The Kier molecular flexibility index (Phi) is 8.82. The van der Waals surface area contributed by atoms with Crippen LogP contribution in [0.15, 0.2) is 59.8 Å². The second-order valence-electron chi connectivity index (χ2n) is 9.76. The van der Waals surface area contributed by atoms with Crippen molar-refractivity contribution >= 4 is 17.9 Å². The minimum atomic E-state index is -4.51. The number of nitrogens with zero attached hydrogens (tertiary/aromatic N) is 3. The molecule has 2 heterocycles. The molecular formula is C29H33F3N4O4. The van der Waals surface area contributed by atoms with Crippen molar-refractivity contribution in [1.29, 1.82) is 0 Å². The van der Waals surface area contributed by atoms with Crippen LogP contribution in [0.4, 0.5) is 18.0 Å². The van der Waals surface area contributed by atoms with Gasteiger partial charge < -0.3 is 15.0 Å². The van der Waals surface area contributed by atoms with Gasteiger partial charge in [-0.15, -0.1) is 0 Å². The number of urea groups is 1. The summed E-state index contributed by atoms with van der Waals surface area (Å²) in [6, 6.07) is 10.4. The van der Waals surface area contributed by atoms with E-state index in [-0.39, 0.29) is 31.2 Å². The van der Waals surface area contributed by atoms with Gasteiger partial charge in [-0.2, -0.15) is 13.2 Å². The van der Waals surface area contributed by atoms with Crippen molar-refractivity contribution in [3.8, 4) is 0 Å². The highest BCUT2D eigenvalue weighted by molar-refractivity contribution is 5.95. The molecule has 1 unspecified atom stereocenters. The molecule has 0 spiro atoms. The fourth-order valence-electron chi connectivity index (χ4n) is 4.97. The number of aryl methyl sites for hydroxylation is 1. The third-order valence-corrected chi connectivity index (χ3v) is 7.15. The SMILES string of the molecule is CCOC(=O)C1=C(CN2CCN(C(=O)c3ccc(C)cc3)CC2)N(CC)C(=O)NC1c1ccc(C(F)(F)F)cc1. The fraction of sp³-hybridized carbons (Fsp3) is 0.414. The third-order valence-electron chi connectivity index (χ3n) is 7.15. The van der Waals surface area contributed by atoms with Gasteiger partial charge in [0.05, 0.1) is 23.8 Å². The Morgan fingerprint density at radius 2 is 1.60 bits per heavy atom. The monoisotopic (exact) mass is 558 g/mol. The number of likely N-dealkylation sites (N-methyl/N-ethyl adjacent to an activating group) is 1. The van der Waals surface area contributed by atoms with Gasteiger partial charge in [-0.05, 0) is 50.6 Å². The van der Waals surface area contributed by atoms with Crippen LogP contribution in [0.2, 0.25) is 0 Å². The second-order valence-corrected chi connectivity index (χ2v) is 9.76. The van der Waals surface area contributed by atoms with E-state index in [4.69, 9.17) is 4.74 Å². The predicted molar refractivity (Wildman–Crippen MR) is 142 cm³/mol. The van der Waals surface area contributed by atoms with E-state index in [2.05, 4.69) is 10.2 Å². The number of amides is 3. The summed E-state index contributed by atoms with van der Waals surface area (Å²) >= 11 is 0. The summed E-state index contributed by atoms with van der Waals surface area (Å²) in [6.07, 6.45) is -4.51. The summed E-state index contributed by atoms with van der Waals surface area (Å²) in [4.78, 5) is 44.6. The van der Waals surface area contributed by atoms with Gasteiger partial charge >= 0.3 is 18.2 Å². The molecule has 1 atom stereocenters. The maximum atomic E-state index is 13.2. The van der Waals surface area contributed by atoms with Crippen LogP contribution in [0.25, 0.3) is 0 Å². The van der Waals surface area contributed by atoms with E-state index in [1.54, 1.807) is 18.7 Å². The normalized spacial score (nSPS) is 18.6. The number of carbonyl (C=O) groups excluding carboxylic acids is 3. The van der Waals surface area contributed by atoms with Crippen LogP contribution in [0.1, 0.15) is 46.9 Å². The Morgan fingerprint density at radius 3 is 2.15 bits per heavy atom. The maximum absolute atomic E-state index is 13.2. The molecule has 0 radical (unpaired) electrons. The Labute approximate surface area is 231 Å². The largest absolute Gasteiger partial charge is 0.463 e. The molecule has 2 aromatic carbocycles. The van der Waals surface area contributed by atoms with E-state index >= 15 is 0 Å². The number of piperazine rings is 1. The Hall–Kier alpha value is -3.86. The van der Waals surface area contributed by atoms with Gasteiger partial charge in [-0.1, -0.05) is 29.8 Å². The quantitative estimate of drug-likeness (QED) is 0.511. The summed E-state index contributed by atoms with van der Waals surface area (Å²) in [6.45, 7) is 7.96. The number of nitrogens with one attached hydrogen (secondary N) is 1. The Bertz CT molecular complexity index is 1270. The van der Waals surface area contributed by atoms with Crippen LogP contribution in [0, 0.1) is 6.92 Å². The molecule has 11 heteroatoms. The molecule has 1 N–H and O–H groups in total. The first-order valence-electron chi connectivity index (χ1n) is 13.3. The van der Waals surface area contributed by atoms with Crippen LogP contribution in [-0.2, 0) is 15.7 Å². The molecule has 8 nitrogen and oxygen atoms in total. The first-order chi connectivity index (χ1) is 19.0. The molecule has 0 saturated carbocycles. The fourth-order valence-corrected chi connectivity index (χ4v) is 4.97. The van der Waals surface area contributed by atoms with Gasteiger partial charge in [0, 0.05) is 50.5 Å². The van der Waals surface area contributed by atoms with Gasteiger partial charge in [-0.25, -0.2) is 9.59 Å². The van der Waals surface area contributed by atoms with Gasteiger partial charge in [0.1, 0.15) is 0 Å². The van der Waals surface area contributed by atoms with E-state index in [0.717, 1.165) is 17.7 Å². The third kappa shape index (κ3) is 6.30. The van der Waals surface area contributed by atoms with Crippen molar-refractivity contribution in [2.24, 2.45) is 0 Å². The molecule has 0 aromatic heterocycles. The molecule has 2 aliphatic heterocycles. The molecule has 3 amide bonds. The van der Waals surface area contributed by atoms with Gasteiger partial charge in [0.15, 0.2) is 0 Å². The molecule has 40 heavy (non-hydrogen) atoms. The van der Waals surface area contributed by atoms with Crippen molar-refractivity contribution in [1.82, 2.24) is 20.0 Å². The summed E-state index contributed by atoms with van der Waals surface area (Å²) in [7, 11) is 0. The van der Waals surface area contributed by atoms with E-state index in [1.165, 1.54) is 17.0 Å². The Morgan fingerprint density at radius 1 is 0.975 bits per heavy atom. The van der Waals surface area contributed by atoms with Crippen LogP contribution in [-0.4, -0.2) is 78.5 Å². The number of esters is 1. The van der Waals surface area contributed by atoms with Crippen molar-refractivity contribution in [3.63, 3.8) is 0 Å². The zero-order chi connectivity index (χ0) is 29.0. The zero-order valence-electron chi connectivity index (χ0n) is 22.8. The van der Waals surface area contributed by atoms with Gasteiger partial charge in [0.2, 0.25) is 0 Å². The lowest BCUT2D eigenvalue weighted by molar-refractivity contribution is -0.139. The van der Waals surface area contributed by atoms with Gasteiger partial charge in [0.25, 0.3) is 5.91 Å². The molecule has 0 bridgehead atoms. The summed E-state index contributed by atoms with van der Waals surface area (Å²) in [5.41, 5.74) is 1.82. The predicted octanol–water partition coefficient (Wildman–Crippen LogP) is 4.38. The average molecular weight is 559 g/mol. The average Bonchev–Trinajstić information content (AvgIpc) is 2.93. The highest BCUT2D eigenvalue weighted by Crippen LogP contribution is 2.35. The molecule has 1 fully saturated rings. The first kappa shape index (κ1) is 29.1. The van der Waals surface area contributed by atoms with E-state index in [0.29, 0.717) is 43.0 Å². The highest BCUT2D eigenvalue weighted by atomic mass is 19.4. The lowest BCUT2D eigenvalue weighted by atomic mass is 9.93. The van der Waals surface area contributed by atoms with Crippen molar-refractivity contribution in [2.75, 3.05) is 45.9 Å².